The molecule has 6 aromatic rings. The number of nitrogens with one attached hydrogen (secondary N) is 1. The predicted octanol–water partition coefficient (Wildman–Crippen LogP) is 8.17. The van der Waals surface area contributed by atoms with Crippen LogP contribution in [0.1, 0.15) is 66.7 Å². The Labute approximate surface area is 346 Å². The smallest absolute Gasteiger partial charge is 0.316 e. The fourth-order valence-corrected chi connectivity index (χ4v) is 8.24. The number of methoxy groups -OCH3 is 2. The molecule has 0 bridgehead atoms. The minimum atomic E-state index is -3.28. The van der Waals surface area contributed by atoms with Gasteiger partial charge in [-0.05, 0) is 85.6 Å². The predicted molar refractivity (Wildman–Crippen MR) is 229 cm³/mol. The number of hydrogen-bond donors (Lipinski definition) is 2. The fraction of sp³-hybridized carbons (Fsp3) is 0.333. The quantitative estimate of drug-likeness (QED) is 0.0719. The number of ether oxygens (including phenoxy) is 3. The zero-order valence-electron chi connectivity index (χ0n) is 34.2. The maximum absolute atomic E-state index is 12.9. The highest BCUT2D eigenvalue weighted by Crippen LogP contribution is 2.46. The van der Waals surface area contributed by atoms with Crippen molar-refractivity contribution in [2.45, 2.75) is 51.4 Å². The number of imidazole rings is 1. The Kier molecular flexibility index (Phi) is 15.0. The van der Waals surface area contributed by atoms with Crippen molar-refractivity contribution in [2.24, 2.45) is 5.92 Å². The largest absolute Gasteiger partial charge is 0.497 e. The average molecular weight is 821 g/mol. The van der Waals surface area contributed by atoms with Gasteiger partial charge in [0.2, 0.25) is 0 Å². The molecule has 0 saturated heterocycles. The van der Waals surface area contributed by atoms with Crippen LogP contribution >= 0.6 is 8.25 Å². The van der Waals surface area contributed by atoms with Gasteiger partial charge in [0.1, 0.15) is 23.4 Å². The first-order valence-electron chi connectivity index (χ1n) is 19.9. The van der Waals surface area contributed by atoms with E-state index in [0.717, 1.165) is 16.7 Å². The SMILES string of the molecule is CCN(CC)CC.COc1ccc(C(OC[C@H]2C[C@@H](n3cnc4c(NC(=O)c5ccccc5)ncnc43)C[C@@H]2O[PH](=O)O)(c2ccccc2)c2ccc(OC)cc2)cc1. The topological polar surface area (TPSA) is 150 Å². The number of fused-ring (bicyclic) bond motifs is 1. The number of hydrogen-bond acceptors (Lipinski definition) is 10. The van der Waals surface area contributed by atoms with Crippen LogP contribution in [-0.2, 0) is 19.4 Å². The zero-order valence-corrected chi connectivity index (χ0v) is 35.2. The van der Waals surface area contributed by atoms with Gasteiger partial charge in [0, 0.05) is 17.5 Å². The molecule has 1 unspecified atom stereocenters. The second-order valence-electron chi connectivity index (χ2n) is 14.1. The Morgan fingerprint density at radius 3 is 1.88 bits per heavy atom. The normalized spacial score (nSPS) is 17.0. The number of aromatic nitrogens is 4. The summed E-state index contributed by atoms with van der Waals surface area (Å²) in [6, 6.07) is 34.1. The molecule has 14 heteroatoms. The third kappa shape index (κ3) is 10.1. The molecule has 0 spiro atoms. The van der Waals surface area contributed by atoms with Crippen molar-refractivity contribution in [1.82, 2.24) is 24.4 Å². The summed E-state index contributed by atoms with van der Waals surface area (Å²) in [4.78, 5) is 38.7. The van der Waals surface area contributed by atoms with Crippen LogP contribution in [-0.4, -0.2) is 81.8 Å². The van der Waals surface area contributed by atoms with E-state index in [1.54, 1.807) is 44.8 Å². The molecule has 1 saturated carbocycles. The molecule has 1 fully saturated rings. The fourth-order valence-electron chi connectivity index (χ4n) is 7.69. The third-order valence-electron chi connectivity index (χ3n) is 10.9. The first kappa shape index (κ1) is 43.2. The molecule has 4 aromatic carbocycles. The number of benzene rings is 4. The van der Waals surface area contributed by atoms with E-state index in [2.05, 4.69) is 45.9 Å². The van der Waals surface area contributed by atoms with E-state index < -0.39 is 20.0 Å². The molecule has 2 N–H and O–H groups in total. The average Bonchev–Trinajstić information content (AvgIpc) is 3.90. The van der Waals surface area contributed by atoms with E-state index in [9.17, 15) is 14.3 Å². The molecule has 4 atom stereocenters. The highest BCUT2D eigenvalue weighted by atomic mass is 31.1. The summed E-state index contributed by atoms with van der Waals surface area (Å²) in [5, 5.41) is 2.85. The summed E-state index contributed by atoms with van der Waals surface area (Å²) < 4.78 is 37.9. The Hall–Kier alpha value is -5.43. The molecule has 1 aliphatic rings. The minimum absolute atomic E-state index is 0.184. The lowest BCUT2D eigenvalue weighted by Crippen LogP contribution is -2.36. The molecule has 2 aromatic heterocycles. The van der Waals surface area contributed by atoms with Gasteiger partial charge < -0.3 is 38.4 Å². The Morgan fingerprint density at radius 2 is 1.36 bits per heavy atom. The first-order chi connectivity index (χ1) is 28.7. The number of anilines is 1. The maximum Gasteiger partial charge on any atom is 0.316 e. The molecule has 0 radical (unpaired) electrons. The van der Waals surface area contributed by atoms with Gasteiger partial charge in [-0.1, -0.05) is 93.6 Å². The number of nitrogens with zero attached hydrogens (tertiary/aromatic N) is 5. The number of amides is 1. The maximum atomic E-state index is 12.9. The van der Waals surface area contributed by atoms with Crippen molar-refractivity contribution < 1.29 is 33.0 Å². The van der Waals surface area contributed by atoms with E-state index in [1.165, 1.54) is 26.0 Å². The van der Waals surface area contributed by atoms with E-state index in [4.69, 9.17) is 18.7 Å². The van der Waals surface area contributed by atoms with Crippen molar-refractivity contribution in [3.8, 4) is 11.5 Å². The highest BCUT2D eigenvalue weighted by molar-refractivity contribution is 7.32. The van der Waals surface area contributed by atoms with Crippen LogP contribution in [0.4, 0.5) is 5.82 Å². The Morgan fingerprint density at radius 1 is 0.797 bits per heavy atom. The first-order valence-corrected chi connectivity index (χ1v) is 21.1. The molecule has 7 rings (SSSR count). The molecule has 2 heterocycles. The monoisotopic (exact) mass is 820 g/mol. The van der Waals surface area contributed by atoms with Crippen LogP contribution in [0.2, 0.25) is 0 Å². The van der Waals surface area contributed by atoms with E-state index >= 15 is 0 Å². The summed E-state index contributed by atoms with van der Waals surface area (Å²) >= 11 is 0. The van der Waals surface area contributed by atoms with Gasteiger partial charge in [0.15, 0.2) is 17.0 Å². The zero-order chi connectivity index (χ0) is 41.8. The van der Waals surface area contributed by atoms with Crippen LogP contribution in [0.3, 0.4) is 0 Å². The lowest BCUT2D eigenvalue weighted by Gasteiger charge is -2.37. The number of carbonyl (C=O) groups is 1. The van der Waals surface area contributed by atoms with Crippen molar-refractivity contribution in [2.75, 3.05) is 45.8 Å². The van der Waals surface area contributed by atoms with Gasteiger partial charge in [0.05, 0.1) is 33.3 Å². The molecule has 13 nitrogen and oxygen atoms in total. The number of rotatable bonds is 16. The second-order valence-corrected chi connectivity index (χ2v) is 14.9. The van der Waals surface area contributed by atoms with Gasteiger partial charge in [-0.15, -0.1) is 0 Å². The Balaban J connectivity index is 0.000000768. The van der Waals surface area contributed by atoms with Crippen LogP contribution in [0.5, 0.6) is 11.5 Å². The van der Waals surface area contributed by atoms with Crippen LogP contribution in [0.15, 0.2) is 122 Å². The summed E-state index contributed by atoms with van der Waals surface area (Å²) in [5.74, 6) is 1.10. The minimum Gasteiger partial charge on any atom is -0.497 e. The van der Waals surface area contributed by atoms with Gasteiger partial charge in [-0.25, -0.2) is 15.0 Å². The molecule has 0 aliphatic heterocycles. The Bertz CT molecular complexity index is 2200. The van der Waals surface area contributed by atoms with E-state index in [-0.39, 0.29) is 30.3 Å². The molecular formula is C45H53N6O7P. The van der Waals surface area contributed by atoms with Gasteiger partial charge in [-0.3, -0.25) is 9.36 Å². The number of carbonyl (C=O) groups excluding carboxylic acids is 1. The van der Waals surface area contributed by atoms with Crippen LogP contribution < -0.4 is 14.8 Å². The van der Waals surface area contributed by atoms with Crippen molar-refractivity contribution in [3.63, 3.8) is 0 Å². The van der Waals surface area contributed by atoms with Gasteiger partial charge in [0.25, 0.3) is 5.91 Å². The standard InChI is InChI=1S/C39H38N5O7P.C6H15N/c1-48-32-17-13-29(14-18-32)39(28-11-7-4-8-12-28,30-15-19-33(49-2)20-16-30)50-23-27-21-31(22-34(27)51-52(46)47)44-25-42-35-36(40-24-41-37(35)44)43-38(45)26-9-5-3-6-10-26;1-4-7(5-2)6-3/h3-20,24-25,27,31,34,52H,21-23H2,1-2H3,(H,46,47)(H,40,41,43,45);4-6H2,1-3H3/t27-,31-,34+;/m1./s1. The summed E-state index contributed by atoms with van der Waals surface area (Å²) in [6.07, 6.45) is 3.40. The molecular weight excluding hydrogens is 768 g/mol. The summed E-state index contributed by atoms with van der Waals surface area (Å²) in [7, 11) is -0.0339. The molecule has 59 heavy (non-hydrogen) atoms. The third-order valence-corrected chi connectivity index (χ3v) is 11.4. The van der Waals surface area contributed by atoms with Crippen LogP contribution in [0, 0.1) is 5.92 Å². The van der Waals surface area contributed by atoms with Crippen molar-refractivity contribution >= 4 is 31.1 Å². The highest BCUT2D eigenvalue weighted by Gasteiger charge is 2.43. The van der Waals surface area contributed by atoms with Crippen LogP contribution in [0.25, 0.3) is 11.2 Å². The van der Waals surface area contributed by atoms with E-state index in [1.807, 2.05) is 89.5 Å². The second kappa shape index (κ2) is 20.5. The lowest BCUT2D eigenvalue weighted by atomic mass is 9.80. The van der Waals surface area contributed by atoms with Gasteiger partial charge >= 0.3 is 8.25 Å². The summed E-state index contributed by atoms with van der Waals surface area (Å²) in [6.45, 7) is 10.3. The van der Waals surface area contributed by atoms with Crippen molar-refractivity contribution in [3.05, 3.63) is 144 Å². The molecule has 310 valence electrons. The van der Waals surface area contributed by atoms with Crippen molar-refractivity contribution in [1.29, 1.82) is 0 Å². The molecule has 1 aliphatic carbocycles. The lowest BCUT2D eigenvalue weighted by molar-refractivity contribution is -0.0258. The van der Waals surface area contributed by atoms with E-state index in [0.29, 0.717) is 41.1 Å². The van der Waals surface area contributed by atoms with Gasteiger partial charge in [-0.2, -0.15) is 0 Å². The summed E-state index contributed by atoms with van der Waals surface area (Å²) in [5.41, 5.74) is 3.01. The molecule has 1 amide bonds.